The first kappa shape index (κ1) is 20.6. The van der Waals surface area contributed by atoms with Crippen molar-refractivity contribution in [2.45, 2.75) is 13.0 Å². The number of benzene rings is 2. The third-order valence-corrected chi connectivity index (χ3v) is 6.49. The average Bonchev–Trinajstić information content (AvgIpc) is 3.03. The molecule has 1 aromatic heterocycles. The zero-order chi connectivity index (χ0) is 21.4. The topological polar surface area (TPSA) is 60.7 Å². The van der Waals surface area contributed by atoms with Gasteiger partial charge in [-0.25, -0.2) is 9.79 Å². The van der Waals surface area contributed by atoms with Crippen LogP contribution < -0.4 is 14.9 Å². The first-order chi connectivity index (χ1) is 14.4. The number of allylic oxidation sites excluding steroid dienone is 1. The summed E-state index contributed by atoms with van der Waals surface area (Å²) >= 11 is 13.9. The van der Waals surface area contributed by atoms with Gasteiger partial charge in [-0.15, -0.1) is 0 Å². The standard InChI is InChI=1S/C22H16Cl2N2O3S/c1-12-18(21(28)29-2)19(14-8-4-6-10-16(14)24)26-20(27)17(30-22(26)25-12)11-13-7-3-5-9-15(13)23/h3-11,19H,1-2H3/b17-11-/t19-/m1/s1. The lowest BCUT2D eigenvalue weighted by molar-refractivity contribution is -0.136. The molecule has 30 heavy (non-hydrogen) atoms. The number of aromatic nitrogens is 1. The number of carbonyl (C=O) groups is 1. The van der Waals surface area contributed by atoms with E-state index in [4.69, 9.17) is 27.9 Å². The highest BCUT2D eigenvalue weighted by Gasteiger charge is 2.34. The normalized spacial score (nSPS) is 16.3. The molecule has 0 spiro atoms. The van der Waals surface area contributed by atoms with E-state index in [2.05, 4.69) is 4.99 Å². The molecular formula is C22H16Cl2N2O3S. The Balaban J connectivity index is 2.03. The number of carbonyl (C=O) groups excluding carboxylic acids is 1. The van der Waals surface area contributed by atoms with Crippen LogP contribution in [0.1, 0.15) is 24.1 Å². The van der Waals surface area contributed by atoms with Crippen molar-refractivity contribution in [1.29, 1.82) is 0 Å². The molecule has 4 rings (SSSR count). The van der Waals surface area contributed by atoms with Crippen LogP contribution in [0.4, 0.5) is 0 Å². The number of nitrogens with zero attached hydrogens (tertiary/aromatic N) is 2. The van der Waals surface area contributed by atoms with Crippen molar-refractivity contribution in [2.24, 2.45) is 4.99 Å². The highest BCUT2D eigenvalue weighted by Crippen LogP contribution is 2.34. The highest BCUT2D eigenvalue weighted by atomic mass is 35.5. The number of thiazole rings is 1. The Morgan fingerprint density at radius 1 is 1.13 bits per heavy atom. The van der Waals surface area contributed by atoms with Crippen LogP contribution in [0, 0.1) is 0 Å². The Hall–Kier alpha value is -2.67. The minimum absolute atomic E-state index is 0.280. The van der Waals surface area contributed by atoms with Gasteiger partial charge in [0, 0.05) is 10.0 Å². The van der Waals surface area contributed by atoms with Crippen molar-refractivity contribution >= 4 is 46.6 Å². The van der Waals surface area contributed by atoms with Crippen molar-refractivity contribution in [2.75, 3.05) is 7.11 Å². The van der Waals surface area contributed by atoms with Gasteiger partial charge in [-0.05, 0) is 36.3 Å². The summed E-state index contributed by atoms with van der Waals surface area (Å²) in [5, 5.41) is 0.983. The predicted molar refractivity (Wildman–Crippen MR) is 119 cm³/mol. The van der Waals surface area contributed by atoms with E-state index in [1.54, 1.807) is 37.3 Å². The lowest BCUT2D eigenvalue weighted by Gasteiger charge is -2.25. The van der Waals surface area contributed by atoms with E-state index in [1.807, 2.05) is 24.3 Å². The molecule has 0 unspecified atom stereocenters. The van der Waals surface area contributed by atoms with Gasteiger partial charge in [0.15, 0.2) is 4.80 Å². The lowest BCUT2D eigenvalue weighted by atomic mass is 9.96. The quantitative estimate of drug-likeness (QED) is 0.561. The van der Waals surface area contributed by atoms with Crippen molar-refractivity contribution in [1.82, 2.24) is 4.57 Å². The molecule has 0 fully saturated rings. The summed E-state index contributed by atoms with van der Waals surface area (Å²) in [4.78, 5) is 31.0. The third kappa shape index (κ3) is 3.51. The summed E-state index contributed by atoms with van der Waals surface area (Å²) in [6.07, 6.45) is 1.73. The number of halogens is 2. The molecular weight excluding hydrogens is 443 g/mol. The molecule has 0 saturated heterocycles. The van der Waals surface area contributed by atoms with Gasteiger partial charge in [0.05, 0.1) is 22.9 Å². The molecule has 5 nitrogen and oxygen atoms in total. The molecule has 0 amide bonds. The number of hydrogen-bond donors (Lipinski definition) is 0. The van der Waals surface area contributed by atoms with Gasteiger partial charge in [-0.3, -0.25) is 9.36 Å². The Kier molecular flexibility index (Phi) is 5.64. The van der Waals surface area contributed by atoms with Crippen LogP contribution in [0.3, 0.4) is 0 Å². The van der Waals surface area contributed by atoms with Crippen LogP contribution in [0.5, 0.6) is 0 Å². The number of esters is 1. The second kappa shape index (κ2) is 8.22. The van der Waals surface area contributed by atoms with E-state index in [0.717, 1.165) is 5.56 Å². The van der Waals surface area contributed by atoms with E-state index >= 15 is 0 Å². The average molecular weight is 459 g/mol. The van der Waals surface area contributed by atoms with Gasteiger partial charge in [0.1, 0.15) is 6.04 Å². The minimum Gasteiger partial charge on any atom is -0.466 e. The Morgan fingerprint density at radius 3 is 2.47 bits per heavy atom. The van der Waals surface area contributed by atoms with E-state index in [-0.39, 0.29) is 11.1 Å². The molecule has 1 aliphatic heterocycles. The molecule has 0 aliphatic carbocycles. The fourth-order valence-electron chi connectivity index (χ4n) is 3.42. The van der Waals surface area contributed by atoms with Crippen LogP contribution in [0.2, 0.25) is 10.0 Å². The smallest absolute Gasteiger partial charge is 0.338 e. The summed E-state index contributed by atoms with van der Waals surface area (Å²) in [6, 6.07) is 13.6. The van der Waals surface area contributed by atoms with Gasteiger partial charge in [0.2, 0.25) is 0 Å². The summed E-state index contributed by atoms with van der Waals surface area (Å²) in [5.41, 5.74) is 1.83. The zero-order valence-corrected chi connectivity index (χ0v) is 18.4. The molecule has 8 heteroatoms. The minimum atomic E-state index is -0.740. The third-order valence-electron chi connectivity index (χ3n) is 4.82. The van der Waals surface area contributed by atoms with Crippen LogP contribution in [0.25, 0.3) is 6.08 Å². The zero-order valence-electron chi connectivity index (χ0n) is 16.1. The molecule has 3 aromatic rings. The largest absolute Gasteiger partial charge is 0.466 e. The lowest BCUT2D eigenvalue weighted by Crippen LogP contribution is -2.39. The van der Waals surface area contributed by atoms with Crippen molar-refractivity contribution in [3.05, 3.63) is 101 Å². The predicted octanol–water partition coefficient (Wildman–Crippen LogP) is 3.72. The maximum absolute atomic E-state index is 13.4. The molecule has 1 atom stereocenters. The second-order valence-corrected chi connectivity index (χ2v) is 8.44. The van der Waals surface area contributed by atoms with Crippen molar-refractivity contribution in [3.8, 4) is 0 Å². The fraction of sp³-hybridized carbons (Fsp3) is 0.136. The van der Waals surface area contributed by atoms with E-state index in [0.29, 0.717) is 30.6 Å². The molecule has 0 radical (unpaired) electrons. The Morgan fingerprint density at radius 2 is 1.80 bits per heavy atom. The molecule has 0 saturated carbocycles. The fourth-order valence-corrected chi connectivity index (χ4v) is 4.88. The summed E-state index contributed by atoms with van der Waals surface area (Å²) in [7, 11) is 1.30. The first-order valence-corrected chi connectivity index (χ1v) is 10.6. The van der Waals surface area contributed by atoms with Crippen molar-refractivity contribution < 1.29 is 9.53 Å². The van der Waals surface area contributed by atoms with Crippen LogP contribution in [-0.2, 0) is 9.53 Å². The number of hydrogen-bond acceptors (Lipinski definition) is 5. The molecule has 1 aliphatic rings. The molecule has 2 aromatic carbocycles. The number of ether oxygens (including phenoxy) is 1. The summed E-state index contributed by atoms with van der Waals surface area (Å²) in [5.74, 6) is -0.554. The van der Waals surface area contributed by atoms with Crippen LogP contribution >= 0.6 is 34.5 Å². The first-order valence-electron chi connectivity index (χ1n) is 9.02. The van der Waals surface area contributed by atoms with Crippen LogP contribution in [0.15, 0.2) is 69.6 Å². The van der Waals surface area contributed by atoms with Crippen molar-refractivity contribution in [3.63, 3.8) is 0 Å². The van der Waals surface area contributed by atoms with Gasteiger partial charge >= 0.3 is 5.97 Å². The van der Waals surface area contributed by atoms with Gasteiger partial charge < -0.3 is 4.74 Å². The van der Waals surface area contributed by atoms with E-state index in [9.17, 15) is 9.59 Å². The molecule has 0 N–H and O–H groups in total. The molecule has 0 bridgehead atoms. The maximum atomic E-state index is 13.4. The van der Waals surface area contributed by atoms with Gasteiger partial charge in [-0.2, -0.15) is 0 Å². The molecule has 152 valence electrons. The summed E-state index contributed by atoms with van der Waals surface area (Å²) < 4.78 is 6.94. The van der Waals surface area contributed by atoms with E-state index in [1.165, 1.54) is 23.0 Å². The van der Waals surface area contributed by atoms with Crippen LogP contribution in [-0.4, -0.2) is 17.6 Å². The van der Waals surface area contributed by atoms with Gasteiger partial charge in [0.25, 0.3) is 5.56 Å². The SMILES string of the molecule is COC(=O)C1=C(C)N=c2s/c(=C\c3ccccc3Cl)c(=O)n2[C@@H]1c1ccccc1Cl. The number of methoxy groups -OCH3 is 1. The maximum Gasteiger partial charge on any atom is 0.338 e. The number of rotatable bonds is 3. The highest BCUT2D eigenvalue weighted by molar-refractivity contribution is 7.07. The second-order valence-electron chi connectivity index (χ2n) is 6.62. The monoisotopic (exact) mass is 458 g/mol. The van der Waals surface area contributed by atoms with E-state index < -0.39 is 12.0 Å². The Labute approximate surface area is 186 Å². The Bertz CT molecular complexity index is 1370. The molecule has 2 heterocycles. The van der Waals surface area contributed by atoms with Gasteiger partial charge in [-0.1, -0.05) is 70.9 Å². The summed E-state index contributed by atoms with van der Waals surface area (Å²) in [6.45, 7) is 1.72. The number of fused-ring (bicyclic) bond motifs is 1.